The number of aromatic nitrogens is 1. The number of aromatic amines is 1. The molecule has 0 aliphatic heterocycles. The van der Waals surface area contributed by atoms with Crippen molar-refractivity contribution in [3.8, 4) is 11.1 Å². The summed E-state index contributed by atoms with van der Waals surface area (Å²) in [5.74, 6) is -1.53. The summed E-state index contributed by atoms with van der Waals surface area (Å²) in [4.78, 5) is 27.1. The fraction of sp³-hybridized carbons (Fsp3) is 0.294. The van der Waals surface area contributed by atoms with E-state index >= 15 is 0 Å². The van der Waals surface area contributed by atoms with Crippen LogP contribution in [0.4, 0.5) is 0 Å². The van der Waals surface area contributed by atoms with Crippen LogP contribution in [0.15, 0.2) is 30.3 Å². The quantitative estimate of drug-likeness (QED) is 0.506. The average molecular weight is 301 g/mol. The highest BCUT2D eigenvalue weighted by Gasteiger charge is 2.26. The lowest BCUT2D eigenvalue weighted by Crippen LogP contribution is -2.18. The van der Waals surface area contributed by atoms with Crippen LogP contribution < -0.4 is 0 Å². The molecule has 22 heavy (non-hydrogen) atoms. The molecule has 0 amide bonds. The lowest BCUT2D eigenvalue weighted by atomic mass is 9.99. The number of Topliss-reactive ketones (excluding diaryl/α,β-unsaturated/α-hetero) is 1. The van der Waals surface area contributed by atoms with Crippen LogP contribution in [0.3, 0.4) is 0 Å². The maximum Gasteiger partial charge on any atom is 0.381 e. The van der Waals surface area contributed by atoms with Crippen molar-refractivity contribution < 1.29 is 19.1 Å². The molecule has 2 rings (SSSR count). The van der Waals surface area contributed by atoms with E-state index in [1.54, 1.807) is 14.0 Å². The first-order chi connectivity index (χ1) is 10.6. The summed E-state index contributed by atoms with van der Waals surface area (Å²) < 4.78 is 9.96. The predicted octanol–water partition coefficient (Wildman–Crippen LogP) is 2.88. The van der Waals surface area contributed by atoms with E-state index in [1.165, 1.54) is 0 Å². The number of benzene rings is 1. The summed E-state index contributed by atoms with van der Waals surface area (Å²) in [7, 11) is 1.58. The van der Waals surface area contributed by atoms with Gasteiger partial charge < -0.3 is 14.5 Å². The Morgan fingerprint density at radius 1 is 1.18 bits per heavy atom. The smallest absolute Gasteiger partial charge is 0.381 e. The minimum atomic E-state index is -0.857. The van der Waals surface area contributed by atoms with E-state index in [2.05, 4.69) is 4.98 Å². The second-order valence-corrected chi connectivity index (χ2v) is 4.83. The molecule has 0 atom stereocenters. The molecule has 1 aromatic carbocycles. The molecule has 0 aliphatic carbocycles. The number of ketones is 1. The van der Waals surface area contributed by atoms with Gasteiger partial charge in [0, 0.05) is 18.4 Å². The molecule has 0 spiro atoms. The molecule has 0 fully saturated rings. The molecular weight excluding hydrogens is 282 g/mol. The van der Waals surface area contributed by atoms with E-state index < -0.39 is 11.8 Å². The zero-order chi connectivity index (χ0) is 16.1. The third-order valence-electron chi connectivity index (χ3n) is 3.39. The van der Waals surface area contributed by atoms with Crippen LogP contribution in [-0.2, 0) is 20.9 Å². The molecule has 1 N–H and O–H groups in total. The van der Waals surface area contributed by atoms with Crippen LogP contribution >= 0.6 is 0 Å². The van der Waals surface area contributed by atoms with Gasteiger partial charge in [0.05, 0.1) is 13.2 Å². The second kappa shape index (κ2) is 7.04. The summed E-state index contributed by atoms with van der Waals surface area (Å²) >= 11 is 0. The van der Waals surface area contributed by atoms with Gasteiger partial charge >= 0.3 is 5.97 Å². The summed E-state index contributed by atoms with van der Waals surface area (Å²) in [5, 5.41) is 0. The Kier molecular flexibility index (Phi) is 5.12. The molecule has 0 radical (unpaired) electrons. The molecule has 1 aromatic heterocycles. The molecule has 0 aliphatic rings. The predicted molar refractivity (Wildman–Crippen MR) is 82.6 cm³/mol. The number of rotatable bonds is 6. The summed E-state index contributed by atoms with van der Waals surface area (Å²) in [5.41, 5.74) is 3.49. The third kappa shape index (κ3) is 3.09. The molecule has 5 heteroatoms. The first-order valence-corrected chi connectivity index (χ1v) is 7.07. The molecule has 116 valence electrons. The number of ether oxygens (including phenoxy) is 2. The SMILES string of the molecule is CCOC(=O)C(=O)c1[nH]c(COC)c(C)c1-c1ccccc1. The number of hydrogen-bond acceptors (Lipinski definition) is 4. The number of carbonyl (C=O) groups excluding carboxylic acids is 2. The van der Waals surface area contributed by atoms with Gasteiger partial charge in [0.25, 0.3) is 5.78 Å². The zero-order valence-electron chi connectivity index (χ0n) is 12.9. The number of esters is 1. The summed E-state index contributed by atoms with van der Waals surface area (Å²) in [6.45, 7) is 4.06. The van der Waals surface area contributed by atoms with E-state index in [0.717, 1.165) is 16.8 Å². The largest absolute Gasteiger partial charge is 0.460 e. The van der Waals surface area contributed by atoms with Gasteiger partial charge in [0.1, 0.15) is 5.69 Å². The fourth-order valence-electron chi connectivity index (χ4n) is 2.37. The molecule has 0 saturated heterocycles. The van der Waals surface area contributed by atoms with Crippen LogP contribution in [0.1, 0.15) is 28.7 Å². The third-order valence-corrected chi connectivity index (χ3v) is 3.39. The Labute approximate surface area is 129 Å². The van der Waals surface area contributed by atoms with Gasteiger partial charge in [-0.05, 0) is 25.0 Å². The summed E-state index contributed by atoms with van der Waals surface area (Å²) in [6.07, 6.45) is 0. The highest BCUT2D eigenvalue weighted by molar-refractivity contribution is 6.41. The van der Waals surface area contributed by atoms with E-state index in [1.807, 2.05) is 37.3 Å². The van der Waals surface area contributed by atoms with Gasteiger partial charge in [-0.1, -0.05) is 30.3 Å². The monoisotopic (exact) mass is 301 g/mol. The number of hydrogen-bond donors (Lipinski definition) is 1. The molecule has 0 bridgehead atoms. The number of nitrogens with one attached hydrogen (secondary N) is 1. The van der Waals surface area contributed by atoms with Crippen LogP contribution in [0.5, 0.6) is 0 Å². The maximum absolute atomic E-state index is 12.4. The highest BCUT2D eigenvalue weighted by Crippen LogP contribution is 2.30. The molecule has 0 saturated carbocycles. The Bertz CT molecular complexity index is 673. The van der Waals surface area contributed by atoms with Crippen LogP contribution in [0.2, 0.25) is 0 Å². The normalized spacial score (nSPS) is 10.5. The Hall–Kier alpha value is -2.40. The number of methoxy groups -OCH3 is 1. The van der Waals surface area contributed by atoms with E-state index in [4.69, 9.17) is 9.47 Å². The zero-order valence-corrected chi connectivity index (χ0v) is 12.9. The van der Waals surface area contributed by atoms with Crippen molar-refractivity contribution in [1.29, 1.82) is 0 Å². The number of H-pyrrole nitrogens is 1. The van der Waals surface area contributed by atoms with Gasteiger partial charge in [0.2, 0.25) is 0 Å². The van der Waals surface area contributed by atoms with Crippen molar-refractivity contribution in [3.05, 3.63) is 47.3 Å². The van der Waals surface area contributed by atoms with Crippen molar-refractivity contribution in [3.63, 3.8) is 0 Å². The molecule has 5 nitrogen and oxygen atoms in total. The molecule has 1 heterocycles. The Balaban J connectivity index is 2.55. The first-order valence-electron chi connectivity index (χ1n) is 7.07. The van der Waals surface area contributed by atoms with Gasteiger partial charge in [-0.2, -0.15) is 0 Å². The molecule has 2 aromatic rings. The molecule has 0 unspecified atom stereocenters. The van der Waals surface area contributed by atoms with Gasteiger partial charge in [0.15, 0.2) is 0 Å². The van der Waals surface area contributed by atoms with Crippen molar-refractivity contribution in [1.82, 2.24) is 4.98 Å². The van der Waals surface area contributed by atoms with E-state index in [9.17, 15) is 9.59 Å². The molecular formula is C17H19NO4. The van der Waals surface area contributed by atoms with Crippen molar-refractivity contribution >= 4 is 11.8 Å². The average Bonchev–Trinajstić information content (AvgIpc) is 2.85. The van der Waals surface area contributed by atoms with Crippen molar-refractivity contribution in [2.45, 2.75) is 20.5 Å². The van der Waals surface area contributed by atoms with E-state index in [-0.39, 0.29) is 12.3 Å². The lowest BCUT2D eigenvalue weighted by Gasteiger charge is -2.05. The maximum atomic E-state index is 12.4. The van der Waals surface area contributed by atoms with Crippen LogP contribution in [0, 0.1) is 6.92 Å². The second-order valence-electron chi connectivity index (χ2n) is 4.83. The topological polar surface area (TPSA) is 68.4 Å². The van der Waals surface area contributed by atoms with Crippen molar-refractivity contribution in [2.24, 2.45) is 0 Å². The van der Waals surface area contributed by atoms with Crippen molar-refractivity contribution in [2.75, 3.05) is 13.7 Å². The Morgan fingerprint density at radius 3 is 2.45 bits per heavy atom. The van der Waals surface area contributed by atoms with Gasteiger partial charge in [-0.15, -0.1) is 0 Å². The minimum absolute atomic E-state index is 0.163. The van der Waals surface area contributed by atoms with E-state index in [0.29, 0.717) is 12.2 Å². The summed E-state index contributed by atoms with van der Waals surface area (Å²) in [6, 6.07) is 9.46. The van der Waals surface area contributed by atoms with Gasteiger partial charge in [-0.3, -0.25) is 4.79 Å². The van der Waals surface area contributed by atoms with Gasteiger partial charge in [-0.25, -0.2) is 4.79 Å². The Morgan fingerprint density at radius 2 is 1.86 bits per heavy atom. The highest BCUT2D eigenvalue weighted by atomic mass is 16.5. The fourth-order valence-corrected chi connectivity index (χ4v) is 2.37. The standard InChI is InChI=1S/C17H19NO4/c1-4-22-17(20)16(19)15-14(12-8-6-5-7-9-12)11(2)13(18-15)10-21-3/h5-9,18H,4,10H2,1-3H3. The number of carbonyl (C=O) groups is 2. The minimum Gasteiger partial charge on any atom is -0.460 e. The van der Waals surface area contributed by atoms with Crippen LogP contribution in [0.25, 0.3) is 11.1 Å². The van der Waals surface area contributed by atoms with Crippen LogP contribution in [-0.4, -0.2) is 30.5 Å². The first kappa shape index (κ1) is 16.0. The lowest BCUT2D eigenvalue weighted by molar-refractivity contribution is -0.137.